The van der Waals surface area contributed by atoms with Gasteiger partial charge in [0.1, 0.15) is 6.61 Å². The molecule has 1 aromatic rings. The van der Waals surface area contributed by atoms with Crippen molar-refractivity contribution in [1.82, 2.24) is 9.80 Å². The summed E-state index contributed by atoms with van der Waals surface area (Å²) >= 11 is 0. The third-order valence-electron chi connectivity index (χ3n) is 3.47. The van der Waals surface area contributed by atoms with Crippen LogP contribution in [0, 0.1) is 5.82 Å². The monoisotopic (exact) mass is 282 g/mol. The Hall–Kier alpha value is -1.17. The Labute approximate surface area is 120 Å². The molecule has 0 aromatic heterocycles. The predicted octanol–water partition coefficient (Wildman–Crippen LogP) is 1.47. The molecule has 0 N–H and O–H groups in total. The molecule has 1 saturated heterocycles. The predicted molar refractivity (Wildman–Crippen MR) is 76.7 cm³/mol. The number of piperazine rings is 1. The van der Waals surface area contributed by atoms with Gasteiger partial charge in [0.25, 0.3) is 0 Å². The minimum absolute atomic E-state index is 0.287. The first-order valence-corrected chi connectivity index (χ1v) is 7.11. The summed E-state index contributed by atoms with van der Waals surface area (Å²) in [6.45, 7) is 6.97. The van der Waals surface area contributed by atoms with Crippen molar-refractivity contribution >= 4 is 0 Å². The summed E-state index contributed by atoms with van der Waals surface area (Å²) in [4.78, 5) is 4.73. The Morgan fingerprint density at radius 1 is 1.05 bits per heavy atom. The molecule has 1 aliphatic rings. The summed E-state index contributed by atoms with van der Waals surface area (Å²) in [6, 6.07) is 6.42. The molecule has 0 unspecified atom stereocenters. The number of para-hydroxylation sites is 1. The van der Waals surface area contributed by atoms with Gasteiger partial charge in [-0.2, -0.15) is 0 Å². The number of halogens is 1. The lowest BCUT2D eigenvalue weighted by molar-refractivity contribution is 0.0651. The van der Waals surface area contributed by atoms with E-state index in [1.165, 1.54) is 6.07 Å². The van der Waals surface area contributed by atoms with Crippen molar-refractivity contribution in [2.24, 2.45) is 0 Å². The second kappa shape index (κ2) is 8.19. The van der Waals surface area contributed by atoms with E-state index in [0.717, 1.165) is 32.7 Å². The van der Waals surface area contributed by atoms with Crippen LogP contribution in [0.2, 0.25) is 0 Å². The molecule has 0 saturated carbocycles. The van der Waals surface area contributed by atoms with E-state index in [9.17, 15) is 4.39 Å². The number of ether oxygens (including phenoxy) is 2. The number of likely N-dealkylation sites (N-methyl/N-ethyl adjacent to an activating group) is 1. The maximum atomic E-state index is 13.3. The first-order valence-electron chi connectivity index (χ1n) is 7.11. The van der Waals surface area contributed by atoms with E-state index in [0.29, 0.717) is 19.8 Å². The van der Waals surface area contributed by atoms with E-state index in [1.54, 1.807) is 18.2 Å². The highest BCUT2D eigenvalue weighted by Gasteiger charge is 2.12. The molecule has 0 radical (unpaired) electrons. The molecular weight excluding hydrogens is 259 g/mol. The molecule has 1 aliphatic heterocycles. The van der Waals surface area contributed by atoms with Crippen LogP contribution >= 0.6 is 0 Å². The molecule has 0 amide bonds. The Morgan fingerprint density at radius 2 is 1.80 bits per heavy atom. The van der Waals surface area contributed by atoms with Crippen LogP contribution in [-0.2, 0) is 4.74 Å². The number of nitrogens with zero attached hydrogens (tertiary/aromatic N) is 2. The van der Waals surface area contributed by atoms with E-state index in [1.807, 2.05) is 0 Å². The van der Waals surface area contributed by atoms with Gasteiger partial charge in [-0.15, -0.1) is 0 Å². The van der Waals surface area contributed by atoms with Gasteiger partial charge in [0.05, 0.1) is 13.2 Å². The van der Waals surface area contributed by atoms with E-state index in [-0.39, 0.29) is 11.6 Å². The molecule has 112 valence electrons. The van der Waals surface area contributed by atoms with Gasteiger partial charge in [-0.3, -0.25) is 4.90 Å². The molecular formula is C15H23FN2O2. The van der Waals surface area contributed by atoms with Crippen molar-refractivity contribution in [3.63, 3.8) is 0 Å². The van der Waals surface area contributed by atoms with Crippen LogP contribution in [0.25, 0.3) is 0 Å². The summed E-state index contributed by atoms with van der Waals surface area (Å²) in [7, 11) is 2.15. The third kappa shape index (κ3) is 5.07. The SMILES string of the molecule is CN1CCN(CCOCCOc2ccccc2F)CC1. The fourth-order valence-electron chi connectivity index (χ4n) is 2.14. The molecule has 0 bridgehead atoms. The summed E-state index contributed by atoms with van der Waals surface area (Å²) in [5.74, 6) is -0.0416. The third-order valence-corrected chi connectivity index (χ3v) is 3.47. The number of benzene rings is 1. The highest BCUT2D eigenvalue weighted by Crippen LogP contribution is 2.14. The van der Waals surface area contributed by atoms with Crippen molar-refractivity contribution in [2.75, 3.05) is 59.6 Å². The summed E-state index contributed by atoms with van der Waals surface area (Å²) in [5.41, 5.74) is 0. The molecule has 4 nitrogen and oxygen atoms in total. The van der Waals surface area contributed by atoms with Crippen LogP contribution in [0.15, 0.2) is 24.3 Å². The first-order chi connectivity index (χ1) is 9.75. The fourth-order valence-corrected chi connectivity index (χ4v) is 2.14. The van der Waals surface area contributed by atoms with Crippen molar-refractivity contribution < 1.29 is 13.9 Å². The molecule has 0 aliphatic carbocycles. The lowest BCUT2D eigenvalue weighted by Crippen LogP contribution is -2.45. The minimum Gasteiger partial charge on any atom is -0.488 e. The van der Waals surface area contributed by atoms with Gasteiger partial charge in [-0.25, -0.2) is 4.39 Å². The molecule has 0 spiro atoms. The van der Waals surface area contributed by atoms with Crippen molar-refractivity contribution in [3.8, 4) is 5.75 Å². The Balaban J connectivity index is 1.51. The lowest BCUT2D eigenvalue weighted by Gasteiger charge is -2.32. The fraction of sp³-hybridized carbons (Fsp3) is 0.600. The van der Waals surface area contributed by atoms with Crippen LogP contribution in [0.1, 0.15) is 0 Å². The minimum atomic E-state index is -0.329. The van der Waals surface area contributed by atoms with Crippen molar-refractivity contribution in [2.45, 2.75) is 0 Å². The highest BCUT2D eigenvalue weighted by atomic mass is 19.1. The maximum Gasteiger partial charge on any atom is 0.165 e. The zero-order valence-corrected chi connectivity index (χ0v) is 12.1. The van der Waals surface area contributed by atoms with Gasteiger partial charge in [-0.05, 0) is 19.2 Å². The van der Waals surface area contributed by atoms with Crippen LogP contribution in [0.3, 0.4) is 0 Å². The van der Waals surface area contributed by atoms with Crippen LogP contribution in [-0.4, -0.2) is 69.4 Å². The average Bonchev–Trinajstić information content (AvgIpc) is 2.46. The smallest absolute Gasteiger partial charge is 0.165 e. The zero-order valence-electron chi connectivity index (χ0n) is 12.1. The van der Waals surface area contributed by atoms with Crippen LogP contribution < -0.4 is 4.74 Å². The first kappa shape index (κ1) is 15.2. The molecule has 20 heavy (non-hydrogen) atoms. The summed E-state index contributed by atoms with van der Waals surface area (Å²) in [6.07, 6.45) is 0. The average molecular weight is 282 g/mol. The van der Waals surface area contributed by atoms with Gasteiger partial charge in [0.2, 0.25) is 0 Å². The zero-order chi connectivity index (χ0) is 14.2. The number of hydrogen-bond acceptors (Lipinski definition) is 4. The lowest BCUT2D eigenvalue weighted by atomic mass is 10.3. The maximum absolute atomic E-state index is 13.3. The quantitative estimate of drug-likeness (QED) is 0.707. The Bertz CT molecular complexity index is 395. The summed E-state index contributed by atoms with van der Waals surface area (Å²) < 4.78 is 24.1. The normalized spacial score (nSPS) is 17.3. The standard InChI is InChI=1S/C15H23FN2O2/c1-17-6-8-18(9-7-17)10-11-19-12-13-20-15-5-3-2-4-14(15)16/h2-5H,6-13H2,1H3. The topological polar surface area (TPSA) is 24.9 Å². The van der Waals surface area contributed by atoms with Gasteiger partial charge < -0.3 is 14.4 Å². The molecule has 1 heterocycles. The van der Waals surface area contributed by atoms with Crippen molar-refractivity contribution in [1.29, 1.82) is 0 Å². The molecule has 2 rings (SSSR count). The highest BCUT2D eigenvalue weighted by molar-refractivity contribution is 5.23. The van der Waals surface area contributed by atoms with E-state index < -0.39 is 0 Å². The van der Waals surface area contributed by atoms with E-state index >= 15 is 0 Å². The van der Waals surface area contributed by atoms with E-state index in [4.69, 9.17) is 9.47 Å². The molecule has 0 atom stereocenters. The Morgan fingerprint density at radius 3 is 2.55 bits per heavy atom. The van der Waals surface area contributed by atoms with Crippen LogP contribution in [0.5, 0.6) is 5.75 Å². The van der Waals surface area contributed by atoms with E-state index in [2.05, 4.69) is 16.8 Å². The number of hydrogen-bond donors (Lipinski definition) is 0. The Kier molecular flexibility index (Phi) is 6.24. The summed E-state index contributed by atoms with van der Waals surface area (Å²) in [5, 5.41) is 0. The van der Waals surface area contributed by atoms with Gasteiger partial charge in [-0.1, -0.05) is 12.1 Å². The van der Waals surface area contributed by atoms with Gasteiger partial charge in [0, 0.05) is 32.7 Å². The second-order valence-electron chi connectivity index (χ2n) is 5.04. The second-order valence-corrected chi connectivity index (χ2v) is 5.04. The van der Waals surface area contributed by atoms with Crippen molar-refractivity contribution in [3.05, 3.63) is 30.1 Å². The number of rotatable bonds is 7. The molecule has 5 heteroatoms. The van der Waals surface area contributed by atoms with Crippen LogP contribution in [0.4, 0.5) is 4.39 Å². The van der Waals surface area contributed by atoms with Gasteiger partial charge in [0.15, 0.2) is 11.6 Å². The molecule has 1 aromatic carbocycles. The molecule has 1 fully saturated rings. The van der Waals surface area contributed by atoms with Gasteiger partial charge >= 0.3 is 0 Å². The largest absolute Gasteiger partial charge is 0.488 e.